The van der Waals surface area contributed by atoms with Crippen LogP contribution in [0.25, 0.3) is 0 Å². The molecule has 2 rings (SSSR count). The molecule has 0 N–H and O–H groups in total. The number of hydrogen-bond acceptors (Lipinski definition) is 3. The summed E-state index contributed by atoms with van der Waals surface area (Å²) in [6, 6.07) is 3.89. The lowest BCUT2D eigenvalue weighted by Gasteiger charge is -2.28. The highest BCUT2D eigenvalue weighted by Gasteiger charge is 2.38. The molecule has 0 bridgehead atoms. The van der Waals surface area contributed by atoms with Gasteiger partial charge in [-0.05, 0) is 42.0 Å². The summed E-state index contributed by atoms with van der Waals surface area (Å²) in [4.78, 5) is 15.0. The lowest BCUT2D eigenvalue weighted by Crippen LogP contribution is -2.21. The van der Waals surface area contributed by atoms with Gasteiger partial charge in [0.2, 0.25) is 6.08 Å². The lowest BCUT2D eigenvalue weighted by atomic mass is 9.82. The Balaban J connectivity index is 2.65. The number of isocyanates is 1. The zero-order chi connectivity index (χ0) is 14.8. The molecule has 1 aliphatic carbocycles. The summed E-state index contributed by atoms with van der Waals surface area (Å²) in [5, 5.41) is 0.569. The fraction of sp³-hybridized carbons (Fsp3) is 0.562. The fourth-order valence-corrected chi connectivity index (χ4v) is 3.34. The molecule has 0 unspecified atom stereocenters. The second-order valence-corrected chi connectivity index (χ2v) is 6.08. The van der Waals surface area contributed by atoms with E-state index in [0.717, 1.165) is 36.8 Å². The van der Waals surface area contributed by atoms with Crippen molar-refractivity contribution in [3.63, 3.8) is 0 Å². The highest BCUT2D eigenvalue weighted by atomic mass is 35.5. The molecular formula is C16H20ClNO2. The summed E-state index contributed by atoms with van der Waals surface area (Å²) in [6.07, 6.45) is 5.67. The van der Waals surface area contributed by atoms with Crippen LogP contribution in [0.3, 0.4) is 0 Å². The van der Waals surface area contributed by atoms with E-state index >= 15 is 0 Å². The lowest BCUT2D eigenvalue weighted by molar-refractivity contribution is 0.411. The van der Waals surface area contributed by atoms with Gasteiger partial charge in [0.1, 0.15) is 5.75 Å². The SMILES string of the molecule is COc1cc(C(C)C)c(C2(N=C=O)CCCC2)cc1Cl. The number of halogens is 1. The normalized spacial score (nSPS) is 17.1. The second kappa shape index (κ2) is 5.99. The highest BCUT2D eigenvalue weighted by Crippen LogP contribution is 2.47. The molecule has 0 saturated heterocycles. The minimum absolute atomic E-state index is 0.315. The third-order valence-corrected chi connectivity index (χ3v) is 4.43. The molecule has 0 spiro atoms. The van der Waals surface area contributed by atoms with Crippen molar-refractivity contribution in [1.82, 2.24) is 0 Å². The summed E-state index contributed by atoms with van der Waals surface area (Å²) in [7, 11) is 1.61. The van der Waals surface area contributed by atoms with Crippen molar-refractivity contribution in [2.24, 2.45) is 4.99 Å². The molecule has 4 heteroatoms. The molecular weight excluding hydrogens is 274 g/mol. The topological polar surface area (TPSA) is 38.7 Å². The van der Waals surface area contributed by atoms with Gasteiger partial charge < -0.3 is 4.74 Å². The first kappa shape index (κ1) is 15.1. The Hall–Kier alpha value is -1.31. The standard InChI is InChI=1S/C16H20ClNO2/c1-11(2)12-8-15(20-3)14(17)9-13(12)16(18-10-19)6-4-5-7-16/h8-9,11H,4-7H2,1-3H3. The molecule has 1 aromatic rings. The van der Waals surface area contributed by atoms with E-state index in [0.29, 0.717) is 16.7 Å². The van der Waals surface area contributed by atoms with Gasteiger partial charge in [-0.25, -0.2) is 4.79 Å². The minimum atomic E-state index is -0.447. The van der Waals surface area contributed by atoms with Crippen LogP contribution >= 0.6 is 11.6 Å². The van der Waals surface area contributed by atoms with E-state index in [9.17, 15) is 4.79 Å². The Morgan fingerprint density at radius 2 is 2.00 bits per heavy atom. The van der Waals surface area contributed by atoms with Crippen molar-refractivity contribution in [3.8, 4) is 5.75 Å². The van der Waals surface area contributed by atoms with Crippen molar-refractivity contribution in [3.05, 3.63) is 28.3 Å². The predicted octanol–water partition coefficient (Wildman–Crippen LogP) is 4.58. The molecule has 0 atom stereocenters. The quantitative estimate of drug-likeness (QED) is 0.602. The zero-order valence-corrected chi connectivity index (χ0v) is 13.0. The summed E-state index contributed by atoms with van der Waals surface area (Å²) in [6.45, 7) is 4.25. The number of aliphatic imine (C=N–C) groups is 1. The predicted molar refractivity (Wildman–Crippen MR) is 80.4 cm³/mol. The van der Waals surface area contributed by atoms with Gasteiger partial charge in [0.15, 0.2) is 0 Å². The van der Waals surface area contributed by atoms with Gasteiger partial charge in [0.25, 0.3) is 0 Å². The van der Waals surface area contributed by atoms with Gasteiger partial charge >= 0.3 is 0 Å². The Morgan fingerprint density at radius 3 is 2.50 bits per heavy atom. The smallest absolute Gasteiger partial charge is 0.235 e. The molecule has 0 heterocycles. The zero-order valence-electron chi connectivity index (χ0n) is 12.2. The van der Waals surface area contributed by atoms with Crippen LogP contribution in [0.15, 0.2) is 17.1 Å². The summed E-state index contributed by atoms with van der Waals surface area (Å²) < 4.78 is 5.31. The molecule has 20 heavy (non-hydrogen) atoms. The van der Waals surface area contributed by atoms with E-state index in [1.165, 1.54) is 0 Å². The van der Waals surface area contributed by atoms with Crippen LogP contribution in [0.4, 0.5) is 0 Å². The number of rotatable bonds is 4. The second-order valence-electron chi connectivity index (χ2n) is 5.67. The number of nitrogens with zero attached hydrogens (tertiary/aromatic N) is 1. The maximum absolute atomic E-state index is 10.9. The van der Waals surface area contributed by atoms with Gasteiger partial charge in [0, 0.05) is 0 Å². The van der Waals surface area contributed by atoms with Gasteiger partial charge in [-0.3, -0.25) is 0 Å². The van der Waals surface area contributed by atoms with Crippen molar-refractivity contribution in [2.75, 3.05) is 7.11 Å². The van der Waals surface area contributed by atoms with Crippen LogP contribution in [0.5, 0.6) is 5.75 Å². The first-order chi connectivity index (χ1) is 9.54. The fourth-order valence-electron chi connectivity index (χ4n) is 3.09. The third-order valence-electron chi connectivity index (χ3n) is 4.14. The molecule has 0 amide bonds. The van der Waals surface area contributed by atoms with Gasteiger partial charge in [-0.15, -0.1) is 0 Å². The van der Waals surface area contributed by atoms with Crippen molar-refractivity contribution >= 4 is 17.7 Å². The minimum Gasteiger partial charge on any atom is -0.495 e. The van der Waals surface area contributed by atoms with Crippen molar-refractivity contribution in [2.45, 2.75) is 51.0 Å². The molecule has 1 aliphatic rings. The van der Waals surface area contributed by atoms with E-state index in [2.05, 4.69) is 18.8 Å². The number of carbonyl (C=O) groups excluding carboxylic acids is 1. The third kappa shape index (κ3) is 2.61. The first-order valence-electron chi connectivity index (χ1n) is 7.01. The molecule has 1 fully saturated rings. The van der Waals surface area contributed by atoms with Crippen LogP contribution in [0.2, 0.25) is 5.02 Å². The van der Waals surface area contributed by atoms with Gasteiger partial charge in [0.05, 0.1) is 17.7 Å². The molecule has 1 saturated carbocycles. The average Bonchev–Trinajstić information content (AvgIpc) is 2.88. The maximum Gasteiger partial charge on any atom is 0.235 e. The monoisotopic (exact) mass is 293 g/mol. The van der Waals surface area contributed by atoms with E-state index in [1.54, 1.807) is 13.2 Å². The summed E-state index contributed by atoms with van der Waals surface area (Å²) in [5.74, 6) is 0.984. The summed E-state index contributed by atoms with van der Waals surface area (Å²) in [5.41, 5.74) is 1.75. The molecule has 3 nitrogen and oxygen atoms in total. The van der Waals surface area contributed by atoms with Gasteiger partial charge in [-0.1, -0.05) is 38.3 Å². The Labute approximate surface area is 125 Å². The maximum atomic E-state index is 10.9. The largest absolute Gasteiger partial charge is 0.495 e. The van der Waals surface area contributed by atoms with Crippen molar-refractivity contribution < 1.29 is 9.53 Å². The average molecular weight is 294 g/mol. The summed E-state index contributed by atoms with van der Waals surface area (Å²) >= 11 is 6.28. The molecule has 108 valence electrons. The Bertz CT molecular complexity index is 542. The van der Waals surface area contributed by atoms with Crippen LogP contribution < -0.4 is 4.74 Å². The van der Waals surface area contributed by atoms with Crippen LogP contribution in [0.1, 0.15) is 56.6 Å². The molecule has 0 aromatic heterocycles. The number of benzene rings is 1. The number of methoxy groups -OCH3 is 1. The molecule has 1 aromatic carbocycles. The number of hydrogen-bond donors (Lipinski definition) is 0. The van der Waals surface area contributed by atoms with Gasteiger partial charge in [-0.2, -0.15) is 4.99 Å². The first-order valence-corrected chi connectivity index (χ1v) is 7.39. The Kier molecular flexibility index (Phi) is 4.52. The van der Waals surface area contributed by atoms with Crippen LogP contribution in [-0.4, -0.2) is 13.2 Å². The Morgan fingerprint density at radius 1 is 1.35 bits per heavy atom. The van der Waals surface area contributed by atoms with E-state index in [-0.39, 0.29) is 0 Å². The van der Waals surface area contributed by atoms with E-state index in [1.807, 2.05) is 12.1 Å². The van der Waals surface area contributed by atoms with E-state index < -0.39 is 5.54 Å². The van der Waals surface area contributed by atoms with Crippen molar-refractivity contribution in [1.29, 1.82) is 0 Å². The van der Waals surface area contributed by atoms with E-state index in [4.69, 9.17) is 16.3 Å². The molecule has 0 aliphatic heterocycles. The number of ether oxygens (including phenoxy) is 1. The highest BCUT2D eigenvalue weighted by molar-refractivity contribution is 6.32. The van der Waals surface area contributed by atoms with Crippen LogP contribution in [-0.2, 0) is 10.3 Å². The molecule has 0 radical (unpaired) electrons. The van der Waals surface area contributed by atoms with Crippen LogP contribution in [0, 0.1) is 0 Å².